The van der Waals surface area contributed by atoms with Crippen LogP contribution >= 0.6 is 0 Å². The second-order valence-corrected chi connectivity index (χ2v) is 8.82. The fraction of sp³-hybridized carbons (Fsp3) is 0.500. The smallest absolute Gasteiger partial charge is 0.320 e. The van der Waals surface area contributed by atoms with E-state index in [9.17, 15) is 9.59 Å². The largest absolute Gasteiger partial charge is 0.461 e. The molecule has 0 spiro atoms. The topological polar surface area (TPSA) is 114 Å². The van der Waals surface area contributed by atoms with E-state index in [1.54, 1.807) is 18.9 Å². The lowest BCUT2D eigenvalue weighted by Crippen LogP contribution is -2.37. The van der Waals surface area contributed by atoms with E-state index in [2.05, 4.69) is 27.0 Å². The summed E-state index contributed by atoms with van der Waals surface area (Å²) >= 11 is 0. The number of likely N-dealkylation sites (N-methyl/N-ethyl adjacent to an activating group) is 1. The van der Waals surface area contributed by atoms with Crippen LogP contribution in [-0.4, -0.2) is 78.1 Å². The van der Waals surface area contributed by atoms with E-state index in [0.29, 0.717) is 31.1 Å². The molecule has 10 heteroatoms. The molecular weight excluding hydrogens is 436 g/mol. The first-order valence-electron chi connectivity index (χ1n) is 11.5. The zero-order valence-corrected chi connectivity index (χ0v) is 20.0. The van der Waals surface area contributed by atoms with Crippen molar-refractivity contribution in [1.29, 1.82) is 0 Å². The van der Waals surface area contributed by atoms with Gasteiger partial charge in [-0.05, 0) is 17.5 Å². The van der Waals surface area contributed by atoms with Crippen LogP contribution in [0.2, 0.25) is 0 Å². The van der Waals surface area contributed by atoms with Crippen LogP contribution in [-0.2, 0) is 33.8 Å². The molecule has 34 heavy (non-hydrogen) atoms. The third-order valence-corrected chi connectivity index (χ3v) is 6.46. The lowest BCUT2D eigenvalue weighted by atomic mass is 10.1. The van der Waals surface area contributed by atoms with Gasteiger partial charge in [0.15, 0.2) is 0 Å². The van der Waals surface area contributed by atoms with E-state index >= 15 is 0 Å². The summed E-state index contributed by atoms with van der Waals surface area (Å²) in [5.41, 5.74) is 8.91. The minimum absolute atomic E-state index is 0.0631. The maximum atomic E-state index is 12.7. The molecule has 2 aliphatic heterocycles. The zero-order valence-electron chi connectivity index (χ0n) is 20.0. The number of nitrogens with zero attached hydrogens (tertiary/aromatic N) is 5. The number of methoxy groups -OCH3 is 1. The molecule has 1 aromatic heterocycles. The Morgan fingerprint density at radius 2 is 1.88 bits per heavy atom. The van der Waals surface area contributed by atoms with E-state index in [1.807, 2.05) is 24.1 Å². The number of carbonyl (C=O) groups is 2. The van der Waals surface area contributed by atoms with E-state index in [-0.39, 0.29) is 36.1 Å². The molecular formula is C24H32N6O4. The number of aromatic nitrogens is 2. The van der Waals surface area contributed by atoms with Gasteiger partial charge in [0.2, 0.25) is 11.8 Å². The van der Waals surface area contributed by atoms with Gasteiger partial charge in [0.1, 0.15) is 18.2 Å². The first-order valence-corrected chi connectivity index (χ1v) is 11.5. The molecule has 0 saturated carbocycles. The van der Waals surface area contributed by atoms with Crippen molar-refractivity contribution in [2.75, 3.05) is 51.1 Å². The van der Waals surface area contributed by atoms with Crippen LogP contribution in [0.4, 0.5) is 11.6 Å². The molecule has 0 bridgehead atoms. The van der Waals surface area contributed by atoms with E-state index in [1.165, 1.54) is 5.56 Å². The molecule has 2 amide bonds. The molecule has 1 aromatic carbocycles. The van der Waals surface area contributed by atoms with Crippen LogP contribution in [0.5, 0.6) is 6.01 Å². The van der Waals surface area contributed by atoms with Gasteiger partial charge in [-0.3, -0.25) is 19.4 Å². The predicted octanol–water partition coefficient (Wildman–Crippen LogP) is 1.23. The fourth-order valence-corrected chi connectivity index (χ4v) is 4.39. The Morgan fingerprint density at radius 3 is 2.56 bits per heavy atom. The Labute approximate surface area is 199 Å². The summed E-state index contributed by atoms with van der Waals surface area (Å²) in [6.07, 6.45) is 1.18. The Bertz CT molecular complexity index is 1040. The van der Waals surface area contributed by atoms with Gasteiger partial charge in [-0.25, -0.2) is 0 Å². The third-order valence-electron chi connectivity index (χ3n) is 6.46. The Balaban J connectivity index is 1.39. The summed E-state index contributed by atoms with van der Waals surface area (Å²) in [7, 11) is 3.46. The third kappa shape index (κ3) is 5.28. The first-order chi connectivity index (χ1) is 16.4. The van der Waals surface area contributed by atoms with Crippen LogP contribution in [0, 0.1) is 0 Å². The summed E-state index contributed by atoms with van der Waals surface area (Å²) in [5, 5.41) is 0. The molecule has 3 heterocycles. The molecule has 0 radical (unpaired) electrons. The summed E-state index contributed by atoms with van der Waals surface area (Å²) in [4.78, 5) is 38.7. The second-order valence-electron chi connectivity index (χ2n) is 8.82. The van der Waals surface area contributed by atoms with E-state index in [4.69, 9.17) is 15.2 Å². The molecule has 1 fully saturated rings. The van der Waals surface area contributed by atoms with Crippen LogP contribution < -0.4 is 15.4 Å². The fourth-order valence-electron chi connectivity index (χ4n) is 4.39. The number of hydrogen-bond acceptors (Lipinski definition) is 8. The molecule has 0 aliphatic carbocycles. The average Bonchev–Trinajstić information content (AvgIpc) is 3.40. The molecule has 10 nitrogen and oxygen atoms in total. The average molecular weight is 469 g/mol. The Hall–Kier alpha value is -3.24. The second kappa shape index (κ2) is 10.4. The molecule has 2 aliphatic rings. The molecule has 1 atom stereocenters. The number of rotatable bonds is 9. The maximum Gasteiger partial charge on any atom is 0.320 e. The highest BCUT2D eigenvalue weighted by molar-refractivity contribution is 6.01. The summed E-state index contributed by atoms with van der Waals surface area (Å²) in [6.45, 7) is 5.40. The predicted molar refractivity (Wildman–Crippen MR) is 127 cm³/mol. The highest BCUT2D eigenvalue weighted by atomic mass is 16.5. The van der Waals surface area contributed by atoms with Crippen LogP contribution in [0.25, 0.3) is 0 Å². The number of amides is 2. The minimum Gasteiger partial charge on any atom is -0.461 e. The van der Waals surface area contributed by atoms with Gasteiger partial charge in [-0.15, -0.1) is 0 Å². The van der Waals surface area contributed by atoms with Gasteiger partial charge in [0, 0.05) is 52.3 Å². The highest BCUT2D eigenvalue weighted by Crippen LogP contribution is 2.33. The lowest BCUT2D eigenvalue weighted by molar-refractivity contribution is -0.129. The van der Waals surface area contributed by atoms with E-state index in [0.717, 1.165) is 31.6 Å². The van der Waals surface area contributed by atoms with E-state index < -0.39 is 0 Å². The monoisotopic (exact) mass is 468 g/mol. The standard InChI is InChI=1S/C24H32N6O4/c1-16(31)28(2)19-8-9-29(15-19)13-17-4-6-18(7-5-17)14-30-21(32)12-20-22(25)26-24(27-23(20)30)34-11-10-33-3/h4-7,19H,8-15H2,1-3H3,(H2,25,26,27). The highest BCUT2D eigenvalue weighted by Gasteiger charge is 2.32. The van der Waals surface area contributed by atoms with Gasteiger partial charge < -0.3 is 20.1 Å². The number of ether oxygens (including phenoxy) is 2. The zero-order chi connectivity index (χ0) is 24.2. The quantitative estimate of drug-likeness (QED) is 0.547. The minimum atomic E-state index is -0.0631. The van der Waals surface area contributed by atoms with Gasteiger partial charge in [0.25, 0.3) is 0 Å². The van der Waals surface area contributed by atoms with Crippen molar-refractivity contribution in [2.24, 2.45) is 0 Å². The number of carbonyl (C=O) groups excluding carboxylic acids is 2. The van der Waals surface area contributed by atoms with Crippen LogP contribution in [0.15, 0.2) is 24.3 Å². The van der Waals surface area contributed by atoms with Gasteiger partial charge in [0.05, 0.1) is 19.6 Å². The van der Waals surface area contributed by atoms with Crippen LogP contribution in [0.3, 0.4) is 0 Å². The van der Waals surface area contributed by atoms with Crippen molar-refractivity contribution >= 4 is 23.5 Å². The summed E-state index contributed by atoms with van der Waals surface area (Å²) in [6, 6.07) is 8.67. The van der Waals surface area contributed by atoms with Crippen molar-refractivity contribution < 1.29 is 19.1 Å². The number of anilines is 2. The Morgan fingerprint density at radius 1 is 1.18 bits per heavy atom. The number of fused-ring (bicyclic) bond motifs is 1. The van der Waals surface area contributed by atoms with Crippen molar-refractivity contribution in [3.05, 3.63) is 41.0 Å². The first kappa shape index (κ1) is 23.9. The number of nitrogen functional groups attached to an aromatic ring is 1. The maximum absolute atomic E-state index is 12.7. The molecule has 2 N–H and O–H groups in total. The molecule has 1 saturated heterocycles. The van der Waals surface area contributed by atoms with Crippen LogP contribution in [0.1, 0.15) is 30.0 Å². The molecule has 182 valence electrons. The van der Waals surface area contributed by atoms with Gasteiger partial charge >= 0.3 is 6.01 Å². The Kier molecular flexibility index (Phi) is 7.28. The lowest BCUT2D eigenvalue weighted by Gasteiger charge is -2.23. The van der Waals surface area contributed by atoms with Crippen molar-refractivity contribution in [3.8, 4) is 6.01 Å². The normalized spacial score (nSPS) is 17.8. The van der Waals surface area contributed by atoms with Crippen molar-refractivity contribution in [3.63, 3.8) is 0 Å². The molecule has 2 aromatic rings. The number of benzene rings is 1. The summed E-state index contributed by atoms with van der Waals surface area (Å²) in [5.74, 6) is 0.816. The van der Waals surface area contributed by atoms with Gasteiger partial charge in [-0.1, -0.05) is 24.3 Å². The van der Waals surface area contributed by atoms with Crippen molar-refractivity contribution in [1.82, 2.24) is 19.8 Å². The number of nitrogens with two attached hydrogens (primary N) is 1. The number of likely N-dealkylation sites (tertiary alicyclic amines) is 1. The molecule has 4 rings (SSSR count). The van der Waals surface area contributed by atoms with Gasteiger partial charge in [-0.2, -0.15) is 9.97 Å². The van der Waals surface area contributed by atoms with Crippen molar-refractivity contribution in [2.45, 2.75) is 38.9 Å². The number of hydrogen-bond donors (Lipinski definition) is 1. The SMILES string of the molecule is COCCOc1nc(N)c2c(n1)N(Cc1ccc(CN3CCC(N(C)C(C)=O)C3)cc1)C(=O)C2. The summed E-state index contributed by atoms with van der Waals surface area (Å²) < 4.78 is 10.5. The molecule has 1 unspecified atom stereocenters.